The molecule has 0 amide bonds. The second-order valence-corrected chi connectivity index (χ2v) is 4.15. The van der Waals surface area contributed by atoms with Crippen LogP contribution < -0.4 is 0 Å². The van der Waals surface area contributed by atoms with E-state index >= 15 is 0 Å². The van der Waals surface area contributed by atoms with Crippen molar-refractivity contribution in [3.63, 3.8) is 0 Å². The quantitative estimate of drug-likeness (QED) is 0.763. The Morgan fingerprint density at radius 2 is 1.53 bits per heavy atom. The van der Waals surface area contributed by atoms with E-state index in [0.717, 1.165) is 12.8 Å². The summed E-state index contributed by atoms with van der Waals surface area (Å²) in [5.74, 6) is -2.46. The van der Waals surface area contributed by atoms with Gasteiger partial charge >= 0.3 is 11.9 Å². The van der Waals surface area contributed by atoms with Gasteiger partial charge in [0.05, 0.1) is 17.2 Å². The lowest BCUT2D eigenvalue weighted by Gasteiger charge is -1.98. The third-order valence-corrected chi connectivity index (χ3v) is 2.36. The zero-order valence-electron chi connectivity index (χ0n) is 11.2. The molecule has 0 saturated carbocycles. The second-order valence-electron chi connectivity index (χ2n) is 4.15. The number of aromatic carboxylic acids is 2. The van der Waals surface area contributed by atoms with Gasteiger partial charge in [0.25, 0.3) is 0 Å². The molecule has 0 aliphatic rings. The van der Waals surface area contributed by atoms with Gasteiger partial charge in [0, 0.05) is 0 Å². The Kier molecular flexibility index (Phi) is 8.20. The van der Waals surface area contributed by atoms with E-state index in [9.17, 15) is 9.59 Å². The van der Waals surface area contributed by atoms with Gasteiger partial charge in [-0.05, 0) is 25.5 Å². The summed E-state index contributed by atoms with van der Waals surface area (Å²) in [5, 5.41) is 25.8. The van der Waals surface area contributed by atoms with Crippen molar-refractivity contribution in [1.29, 1.82) is 0 Å². The fraction of sp³-hybridized carbons (Fsp3) is 0.429. The minimum absolute atomic E-state index is 0.0973. The van der Waals surface area contributed by atoms with Crippen molar-refractivity contribution >= 4 is 11.9 Å². The molecule has 0 radical (unpaired) electrons. The molecule has 5 nitrogen and oxygen atoms in total. The Balaban J connectivity index is 0.000000399. The van der Waals surface area contributed by atoms with Crippen LogP contribution >= 0.6 is 0 Å². The molecule has 1 unspecified atom stereocenters. The number of carbonyl (C=O) groups is 2. The van der Waals surface area contributed by atoms with Gasteiger partial charge in [-0.1, -0.05) is 31.9 Å². The van der Waals surface area contributed by atoms with Crippen molar-refractivity contribution in [2.75, 3.05) is 0 Å². The largest absolute Gasteiger partial charge is 0.478 e. The lowest BCUT2D eigenvalue weighted by Crippen LogP contribution is -2.06. The Morgan fingerprint density at radius 1 is 1.11 bits per heavy atom. The van der Waals surface area contributed by atoms with Gasteiger partial charge in [0.15, 0.2) is 0 Å². The molecule has 1 rings (SSSR count). The van der Waals surface area contributed by atoms with Gasteiger partial charge in [-0.25, -0.2) is 9.59 Å². The lowest BCUT2D eigenvalue weighted by molar-refractivity contribution is 0.0651. The Bertz CT molecular complexity index is 379. The molecule has 0 fully saturated rings. The summed E-state index contributed by atoms with van der Waals surface area (Å²) in [6.07, 6.45) is 3.19. The van der Waals surface area contributed by atoms with E-state index in [4.69, 9.17) is 15.3 Å². The molecule has 3 N–H and O–H groups in total. The maximum atomic E-state index is 10.5. The summed E-state index contributed by atoms with van der Waals surface area (Å²) >= 11 is 0. The minimum atomic E-state index is -1.23. The number of carboxylic acid groups (broad SMARTS) is 2. The van der Waals surface area contributed by atoms with E-state index in [1.165, 1.54) is 30.7 Å². The van der Waals surface area contributed by atoms with Crippen molar-refractivity contribution in [3.8, 4) is 0 Å². The molecule has 106 valence electrons. The topological polar surface area (TPSA) is 94.8 Å². The third-order valence-electron chi connectivity index (χ3n) is 2.36. The van der Waals surface area contributed by atoms with Crippen LogP contribution in [0.15, 0.2) is 24.3 Å². The Morgan fingerprint density at radius 3 is 1.74 bits per heavy atom. The highest BCUT2D eigenvalue weighted by Gasteiger charge is 2.13. The summed E-state index contributed by atoms with van der Waals surface area (Å²) in [5.41, 5.74) is -0.380. The molecule has 0 aromatic heterocycles. The van der Waals surface area contributed by atoms with Gasteiger partial charge in [0.2, 0.25) is 0 Å². The number of rotatable bonds is 5. The summed E-state index contributed by atoms with van der Waals surface area (Å²) in [4.78, 5) is 20.9. The molecule has 19 heavy (non-hydrogen) atoms. The van der Waals surface area contributed by atoms with Gasteiger partial charge in [0.1, 0.15) is 0 Å². The van der Waals surface area contributed by atoms with Crippen molar-refractivity contribution in [1.82, 2.24) is 0 Å². The number of carboxylic acids is 2. The molecule has 0 saturated heterocycles. The van der Waals surface area contributed by atoms with Gasteiger partial charge < -0.3 is 15.3 Å². The molecule has 0 aliphatic carbocycles. The highest BCUT2D eigenvalue weighted by molar-refractivity contribution is 6.01. The molecule has 0 spiro atoms. The number of aliphatic hydroxyl groups is 1. The third kappa shape index (κ3) is 7.21. The average molecular weight is 268 g/mol. The zero-order valence-corrected chi connectivity index (χ0v) is 11.2. The van der Waals surface area contributed by atoms with E-state index in [-0.39, 0.29) is 17.2 Å². The maximum absolute atomic E-state index is 10.5. The van der Waals surface area contributed by atoms with Crippen LogP contribution in [0.3, 0.4) is 0 Å². The molecular formula is C14H20O5. The molecule has 0 heterocycles. The number of aliphatic hydroxyl groups excluding tert-OH is 1. The van der Waals surface area contributed by atoms with E-state index in [2.05, 4.69) is 6.92 Å². The van der Waals surface area contributed by atoms with E-state index in [1.54, 1.807) is 0 Å². The van der Waals surface area contributed by atoms with E-state index < -0.39 is 11.9 Å². The first-order valence-electron chi connectivity index (χ1n) is 6.13. The van der Waals surface area contributed by atoms with Crippen molar-refractivity contribution in [3.05, 3.63) is 35.4 Å². The second kappa shape index (κ2) is 9.10. The van der Waals surface area contributed by atoms with Gasteiger partial charge in [-0.2, -0.15) is 0 Å². The van der Waals surface area contributed by atoms with Gasteiger partial charge in [-0.3, -0.25) is 0 Å². The SMILES string of the molecule is CCCCC(C)O.O=C(O)c1ccccc1C(=O)O. The summed E-state index contributed by atoms with van der Waals surface area (Å²) < 4.78 is 0. The van der Waals surface area contributed by atoms with Crippen LogP contribution in [0.1, 0.15) is 53.8 Å². The summed E-state index contributed by atoms with van der Waals surface area (Å²) in [7, 11) is 0. The number of benzene rings is 1. The predicted molar refractivity (Wildman–Crippen MR) is 71.6 cm³/mol. The van der Waals surface area contributed by atoms with Crippen LogP contribution in [0.4, 0.5) is 0 Å². The molecule has 0 bridgehead atoms. The van der Waals surface area contributed by atoms with E-state index in [1.807, 2.05) is 6.92 Å². The van der Waals surface area contributed by atoms with Crippen molar-refractivity contribution < 1.29 is 24.9 Å². The average Bonchev–Trinajstić information content (AvgIpc) is 2.36. The van der Waals surface area contributed by atoms with Gasteiger partial charge in [-0.15, -0.1) is 0 Å². The van der Waals surface area contributed by atoms with Crippen LogP contribution in [0, 0.1) is 0 Å². The molecular weight excluding hydrogens is 248 g/mol. The highest BCUT2D eigenvalue weighted by atomic mass is 16.4. The molecule has 1 aromatic carbocycles. The standard InChI is InChI=1S/C8H6O4.C6H14O/c9-7(10)5-3-1-2-4-6(5)8(11)12;1-3-4-5-6(2)7/h1-4H,(H,9,10)(H,11,12);6-7H,3-5H2,1-2H3. The lowest BCUT2D eigenvalue weighted by atomic mass is 10.1. The van der Waals surface area contributed by atoms with Crippen LogP contribution in [0.25, 0.3) is 0 Å². The Labute approximate surface area is 112 Å². The maximum Gasteiger partial charge on any atom is 0.336 e. The predicted octanol–water partition coefficient (Wildman–Crippen LogP) is 2.64. The fourth-order valence-corrected chi connectivity index (χ4v) is 1.36. The molecule has 1 aromatic rings. The van der Waals surface area contributed by atoms with Crippen LogP contribution in [-0.2, 0) is 0 Å². The summed E-state index contributed by atoms with van der Waals surface area (Å²) in [6, 6.07) is 5.48. The van der Waals surface area contributed by atoms with Crippen molar-refractivity contribution in [2.45, 2.75) is 39.2 Å². The first-order chi connectivity index (χ1) is 8.90. The normalized spacial score (nSPS) is 11.1. The van der Waals surface area contributed by atoms with Crippen LogP contribution in [0.5, 0.6) is 0 Å². The van der Waals surface area contributed by atoms with Crippen molar-refractivity contribution in [2.24, 2.45) is 0 Å². The smallest absolute Gasteiger partial charge is 0.336 e. The molecule has 5 heteroatoms. The monoisotopic (exact) mass is 268 g/mol. The first-order valence-corrected chi connectivity index (χ1v) is 6.13. The number of hydrogen-bond acceptors (Lipinski definition) is 3. The molecule has 0 aliphatic heterocycles. The van der Waals surface area contributed by atoms with Crippen LogP contribution in [-0.4, -0.2) is 33.4 Å². The summed E-state index contributed by atoms with van der Waals surface area (Å²) in [6.45, 7) is 3.96. The highest BCUT2D eigenvalue weighted by Crippen LogP contribution is 2.07. The Hall–Kier alpha value is -1.88. The van der Waals surface area contributed by atoms with Crippen LogP contribution in [0.2, 0.25) is 0 Å². The number of unbranched alkanes of at least 4 members (excludes halogenated alkanes) is 1. The minimum Gasteiger partial charge on any atom is -0.478 e. The number of hydrogen-bond donors (Lipinski definition) is 3. The molecule has 1 atom stereocenters. The van der Waals surface area contributed by atoms with E-state index in [0.29, 0.717) is 0 Å². The first kappa shape index (κ1) is 17.1. The fourth-order valence-electron chi connectivity index (χ4n) is 1.36. The zero-order chi connectivity index (χ0) is 14.8.